The van der Waals surface area contributed by atoms with Crippen LogP contribution in [0.15, 0.2) is 28.7 Å². The van der Waals surface area contributed by atoms with Crippen LogP contribution in [-0.2, 0) is 14.3 Å². The lowest BCUT2D eigenvalue weighted by Gasteiger charge is -2.33. The fourth-order valence-electron chi connectivity index (χ4n) is 2.20. The van der Waals surface area contributed by atoms with Crippen LogP contribution in [0.1, 0.15) is 25.0 Å². The van der Waals surface area contributed by atoms with Gasteiger partial charge in [0.15, 0.2) is 0 Å². The number of hydrogen-bond acceptors (Lipinski definition) is 3. The number of hydrogen-bond donors (Lipinski definition) is 0. The van der Waals surface area contributed by atoms with Crippen molar-refractivity contribution in [1.82, 2.24) is 4.90 Å². The monoisotopic (exact) mass is 341 g/mol. The third-order valence-electron chi connectivity index (χ3n) is 3.25. The normalized spacial score (nSPS) is 19.1. The Morgan fingerprint density at radius 2 is 2.30 bits per heavy atom. The van der Waals surface area contributed by atoms with Gasteiger partial charge in [-0.1, -0.05) is 41.1 Å². The molecule has 5 heteroatoms. The third kappa shape index (κ3) is 4.04. The predicted molar refractivity (Wildman–Crippen MR) is 80.5 cm³/mol. The minimum atomic E-state index is -0.0746. The second-order valence-corrected chi connectivity index (χ2v) is 5.63. The largest absolute Gasteiger partial charge is 0.372 e. The van der Waals surface area contributed by atoms with Crippen molar-refractivity contribution in [2.45, 2.75) is 19.4 Å². The van der Waals surface area contributed by atoms with Gasteiger partial charge >= 0.3 is 0 Å². The van der Waals surface area contributed by atoms with Crippen molar-refractivity contribution in [2.24, 2.45) is 0 Å². The van der Waals surface area contributed by atoms with Crippen molar-refractivity contribution in [1.29, 1.82) is 0 Å². The first-order chi connectivity index (χ1) is 9.72. The Morgan fingerprint density at radius 1 is 1.50 bits per heavy atom. The molecule has 0 N–H and O–H groups in total. The lowest BCUT2D eigenvalue weighted by Crippen LogP contribution is -2.44. The Hall–Kier alpha value is -0.910. The van der Waals surface area contributed by atoms with Crippen molar-refractivity contribution in [3.8, 4) is 0 Å². The maximum atomic E-state index is 12.1. The molecule has 1 fully saturated rings. The van der Waals surface area contributed by atoms with Gasteiger partial charge in [-0.15, -0.1) is 0 Å². The second-order valence-electron chi connectivity index (χ2n) is 4.77. The van der Waals surface area contributed by atoms with E-state index in [-0.39, 0.29) is 18.6 Å². The van der Waals surface area contributed by atoms with Gasteiger partial charge in [0.1, 0.15) is 12.7 Å². The van der Waals surface area contributed by atoms with Gasteiger partial charge in [-0.05, 0) is 18.1 Å². The van der Waals surface area contributed by atoms with Crippen LogP contribution in [-0.4, -0.2) is 43.7 Å². The number of benzene rings is 1. The topological polar surface area (TPSA) is 38.8 Å². The highest BCUT2D eigenvalue weighted by Gasteiger charge is 2.26. The quantitative estimate of drug-likeness (QED) is 0.773. The zero-order valence-electron chi connectivity index (χ0n) is 11.7. The molecule has 1 aliphatic heterocycles. The van der Waals surface area contributed by atoms with E-state index in [2.05, 4.69) is 15.9 Å². The van der Waals surface area contributed by atoms with Gasteiger partial charge in [-0.3, -0.25) is 4.79 Å². The molecule has 1 heterocycles. The molecule has 1 aromatic carbocycles. The summed E-state index contributed by atoms with van der Waals surface area (Å²) in [5.41, 5.74) is 1.08. The molecule has 1 atom stereocenters. The number of rotatable bonds is 5. The SMILES string of the molecule is CCCOCC(=O)N1CCO[C@H](c2ccccc2Br)C1. The van der Waals surface area contributed by atoms with Gasteiger partial charge in [-0.2, -0.15) is 0 Å². The molecule has 0 aliphatic carbocycles. The van der Waals surface area contributed by atoms with Crippen LogP contribution in [0.3, 0.4) is 0 Å². The minimum absolute atomic E-state index is 0.0406. The zero-order valence-corrected chi connectivity index (χ0v) is 13.3. The van der Waals surface area contributed by atoms with Crippen LogP contribution in [0.25, 0.3) is 0 Å². The van der Waals surface area contributed by atoms with Crippen LogP contribution in [0.5, 0.6) is 0 Å². The molecule has 4 nitrogen and oxygen atoms in total. The number of halogens is 1. The van der Waals surface area contributed by atoms with E-state index in [1.165, 1.54) is 0 Å². The predicted octanol–water partition coefficient (Wildman–Crippen LogP) is 2.78. The number of amides is 1. The van der Waals surface area contributed by atoms with Gasteiger partial charge in [0, 0.05) is 17.6 Å². The molecule has 0 spiro atoms. The van der Waals surface area contributed by atoms with Crippen LogP contribution in [0.2, 0.25) is 0 Å². The van der Waals surface area contributed by atoms with Gasteiger partial charge in [0.2, 0.25) is 5.91 Å². The van der Waals surface area contributed by atoms with Crippen LogP contribution in [0.4, 0.5) is 0 Å². The summed E-state index contributed by atoms with van der Waals surface area (Å²) < 4.78 is 12.1. The van der Waals surface area contributed by atoms with E-state index >= 15 is 0 Å². The fraction of sp³-hybridized carbons (Fsp3) is 0.533. The third-order valence-corrected chi connectivity index (χ3v) is 3.97. The molecule has 1 amide bonds. The van der Waals surface area contributed by atoms with E-state index in [1.807, 2.05) is 36.1 Å². The van der Waals surface area contributed by atoms with E-state index in [9.17, 15) is 4.79 Å². The summed E-state index contributed by atoms with van der Waals surface area (Å²) in [6, 6.07) is 7.96. The summed E-state index contributed by atoms with van der Waals surface area (Å²) in [7, 11) is 0. The average molecular weight is 342 g/mol. The van der Waals surface area contributed by atoms with Gasteiger partial charge in [-0.25, -0.2) is 0 Å². The lowest BCUT2D eigenvalue weighted by molar-refractivity contribution is -0.143. The summed E-state index contributed by atoms with van der Waals surface area (Å²) in [6.45, 7) is 4.60. The van der Waals surface area contributed by atoms with Gasteiger partial charge in [0.25, 0.3) is 0 Å². The fourth-order valence-corrected chi connectivity index (χ4v) is 2.74. The standard InChI is InChI=1S/C15H20BrNO3/c1-2-8-19-11-15(18)17-7-9-20-14(10-17)12-5-3-4-6-13(12)16/h3-6,14H,2,7-11H2,1H3/t14-/m0/s1. The van der Waals surface area contributed by atoms with Gasteiger partial charge < -0.3 is 14.4 Å². The summed E-state index contributed by atoms with van der Waals surface area (Å²) in [6.07, 6.45) is 0.852. The van der Waals surface area contributed by atoms with E-state index < -0.39 is 0 Å². The Morgan fingerprint density at radius 3 is 3.05 bits per heavy atom. The minimum Gasteiger partial charge on any atom is -0.372 e. The van der Waals surface area contributed by atoms with Crippen LogP contribution < -0.4 is 0 Å². The van der Waals surface area contributed by atoms with Crippen molar-refractivity contribution in [2.75, 3.05) is 32.9 Å². The first-order valence-corrected chi connectivity index (χ1v) is 7.73. The number of ether oxygens (including phenoxy) is 2. The molecule has 1 aromatic rings. The van der Waals surface area contributed by atoms with Crippen molar-refractivity contribution in [3.63, 3.8) is 0 Å². The maximum absolute atomic E-state index is 12.1. The molecule has 0 unspecified atom stereocenters. The number of carbonyl (C=O) groups excluding carboxylic acids is 1. The molecule has 2 rings (SSSR count). The number of nitrogens with zero attached hydrogens (tertiary/aromatic N) is 1. The molecule has 0 saturated carbocycles. The van der Waals surface area contributed by atoms with Crippen LogP contribution >= 0.6 is 15.9 Å². The first-order valence-electron chi connectivity index (χ1n) is 6.94. The maximum Gasteiger partial charge on any atom is 0.248 e. The Labute approximate surface area is 128 Å². The summed E-state index contributed by atoms with van der Waals surface area (Å²) >= 11 is 3.53. The van der Waals surface area contributed by atoms with E-state index in [0.717, 1.165) is 16.5 Å². The van der Waals surface area contributed by atoms with Crippen molar-refractivity contribution in [3.05, 3.63) is 34.3 Å². The Kier molecular flexibility index (Phi) is 6.01. The zero-order chi connectivity index (χ0) is 14.4. The highest BCUT2D eigenvalue weighted by molar-refractivity contribution is 9.10. The molecule has 0 radical (unpaired) electrons. The summed E-state index contributed by atoms with van der Waals surface area (Å²) in [5.74, 6) is 0.0406. The van der Waals surface area contributed by atoms with E-state index in [4.69, 9.17) is 9.47 Å². The average Bonchev–Trinajstić information content (AvgIpc) is 2.48. The molecule has 1 saturated heterocycles. The second kappa shape index (κ2) is 7.76. The van der Waals surface area contributed by atoms with E-state index in [1.54, 1.807) is 0 Å². The molecule has 110 valence electrons. The highest BCUT2D eigenvalue weighted by atomic mass is 79.9. The molecular weight excluding hydrogens is 322 g/mol. The summed E-state index contributed by atoms with van der Waals surface area (Å²) in [5, 5.41) is 0. The Balaban J connectivity index is 1.95. The molecule has 0 bridgehead atoms. The smallest absolute Gasteiger partial charge is 0.248 e. The van der Waals surface area contributed by atoms with Crippen LogP contribution in [0, 0.1) is 0 Å². The highest BCUT2D eigenvalue weighted by Crippen LogP contribution is 2.28. The van der Waals surface area contributed by atoms with E-state index in [0.29, 0.717) is 26.3 Å². The first kappa shape index (κ1) is 15.5. The molecule has 1 aliphatic rings. The van der Waals surface area contributed by atoms with Crippen molar-refractivity contribution < 1.29 is 14.3 Å². The molecule has 0 aromatic heterocycles. The number of carbonyl (C=O) groups is 1. The molecular formula is C15H20BrNO3. The Bertz CT molecular complexity index is 452. The lowest BCUT2D eigenvalue weighted by atomic mass is 10.1. The number of morpholine rings is 1. The molecule has 20 heavy (non-hydrogen) atoms. The summed E-state index contributed by atoms with van der Waals surface area (Å²) in [4.78, 5) is 13.9. The van der Waals surface area contributed by atoms with Crippen molar-refractivity contribution >= 4 is 21.8 Å². The van der Waals surface area contributed by atoms with Gasteiger partial charge in [0.05, 0.1) is 13.2 Å².